The lowest BCUT2D eigenvalue weighted by Gasteiger charge is -2.22. The Balaban J connectivity index is 3.80. The molecule has 2 nitrogen and oxygen atoms in total. The Kier molecular flexibility index (Phi) is 13.2. The Labute approximate surface area is 138 Å². The maximum absolute atomic E-state index is 10.2. The standard InChI is InChI=1S/C20H37NO/c1-18(2)21(5)15-14-20(4)17-19(3)13-11-9-7-6-8-10-12-16-22/h9,11,13,16,18,20H,6-8,10,12,14-15,17H2,1-5H3/b11-9-,19-13-. The molecule has 0 radical (unpaired) electrons. The predicted molar refractivity (Wildman–Crippen MR) is 98.2 cm³/mol. The second-order valence-corrected chi connectivity index (χ2v) is 6.92. The first-order valence-electron chi connectivity index (χ1n) is 8.93. The molecule has 0 bridgehead atoms. The number of carbonyl (C=O) groups excluding carboxylic acids is 1. The fourth-order valence-corrected chi connectivity index (χ4v) is 2.40. The zero-order valence-electron chi connectivity index (χ0n) is 15.5. The van der Waals surface area contributed by atoms with Crippen LogP contribution in [0.5, 0.6) is 0 Å². The van der Waals surface area contributed by atoms with Gasteiger partial charge in [-0.2, -0.15) is 0 Å². The Morgan fingerprint density at radius 1 is 1.09 bits per heavy atom. The van der Waals surface area contributed by atoms with E-state index < -0.39 is 0 Å². The molecule has 1 atom stereocenters. The van der Waals surface area contributed by atoms with Gasteiger partial charge in [0, 0.05) is 12.5 Å². The first-order chi connectivity index (χ1) is 10.5. The fraction of sp³-hybridized carbons (Fsp3) is 0.750. The van der Waals surface area contributed by atoms with Crippen molar-refractivity contribution in [3.63, 3.8) is 0 Å². The summed E-state index contributed by atoms with van der Waals surface area (Å²) in [5, 5.41) is 0. The summed E-state index contributed by atoms with van der Waals surface area (Å²) in [4.78, 5) is 12.6. The van der Waals surface area contributed by atoms with E-state index in [0.717, 1.165) is 31.5 Å². The van der Waals surface area contributed by atoms with Gasteiger partial charge in [0.2, 0.25) is 0 Å². The first-order valence-corrected chi connectivity index (χ1v) is 8.93. The normalized spacial score (nSPS) is 14.2. The number of hydrogen-bond acceptors (Lipinski definition) is 2. The number of carbonyl (C=O) groups is 1. The Morgan fingerprint density at radius 3 is 2.41 bits per heavy atom. The molecule has 0 aliphatic rings. The Bertz CT molecular complexity index is 331. The summed E-state index contributed by atoms with van der Waals surface area (Å²) in [6.45, 7) is 10.3. The average molecular weight is 308 g/mol. The van der Waals surface area contributed by atoms with Crippen LogP contribution in [0.2, 0.25) is 0 Å². The lowest BCUT2D eigenvalue weighted by molar-refractivity contribution is -0.107. The van der Waals surface area contributed by atoms with Gasteiger partial charge in [0.1, 0.15) is 6.29 Å². The molecule has 0 aliphatic carbocycles. The number of aldehydes is 1. The molecule has 2 heteroatoms. The fourth-order valence-electron chi connectivity index (χ4n) is 2.40. The summed E-state index contributed by atoms with van der Waals surface area (Å²) in [5.41, 5.74) is 1.47. The van der Waals surface area contributed by atoms with Gasteiger partial charge in [-0.1, -0.05) is 37.1 Å². The Morgan fingerprint density at radius 2 is 1.77 bits per heavy atom. The third-order valence-corrected chi connectivity index (χ3v) is 4.24. The van der Waals surface area contributed by atoms with E-state index in [4.69, 9.17) is 0 Å². The molecule has 0 spiro atoms. The van der Waals surface area contributed by atoms with Crippen LogP contribution in [0.1, 0.15) is 72.6 Å². The van der Waals surface area contributed by atoms with E-state index >= 15 is 0 Å². The van der Waals surface area contributed by atoms with Crippen molar-refractivity contribution in [1.82, 2.24) is 4.90 Å². The smallest absolute Gasteiger partial charge is 0.119 e. The molecule has 0 saturated carbocycles. The minimum absolute atomic E-state index is 0.637. The van der Waals surface area contributed by atoms with E-state index in [1.165, 1.54) is 31.4 Å². The topological polar surface area (TPSA) is 20.3 Å². The van der Waals surface area contributed by atoms with Gasteiger partial charge in [-0.05, 0) is 72.4 Å². The lowest BCUT2D eigenvalue weighted by Crippen LogP contribution is -2.28. The van der Waals surface area contributed by atoms with Gasteiger partial charge >= 0.3 is 0 Å². The molecule has 1 unspecified atom stereocenters. The van der Waals surface area contributed by atoms with E-state index in [1.54, 1.807) is 0 Å². The number of nitrogens with zero attached hydrogens (tertiary/aromatic N) is 1. The third kappa shape index (κ3) is 12.8. The summed E-state index contributed by atoms with van der Waals surface area (Å²) < 4.78 is 0. The summed E-state index contributed by atoms with van der Waals surface area (Å²) in [6.07, 6.45) is 15.4. The van der Waals surface area contributed by atoms with Crippen molar-refractivity contribution in [1.29, 1.82) is 0 Å². The van der Waals surface area contributed by atoms with Crippen LogP contribution in [0.4, 0.5) is 0 Å². The quantitative estimate of drug-likeness (QED) is 0.258. The van der Waals surface area contributed by atoms with E-state index in [2.05, 4.69) is 57.9 Å². The minimum atomic E-state index is 0.637. The van der Waals surface area contributed by atoms with Crippen LogP contribution in [0, 0.1) is 5.92 Å². The third-order valence-electron chi connectivity index (χ3n) is 4.24. The summed E-state index contributed by atoms with van der Waals surface area (Å²) in [6, 6.07) is 0.637. The van der Waals surface area contributed by atoms with E-state index in [-0.39, 0.29) is 0 Å². The molecule has 0 rings (SSSR count). The molecule has 0 aromatic heterocycles. The summed E-state index contributed by atoms with van der Waals surface area (Å²) in [5.74, 6) is 0.745. The second kappa shape index (κ2) is 13.8. The van der Waals surface area contributed by atoms with Gasteiger partial charge in [-0.25, -0.2) is 0 Å². The van der Waals surface area contributed by atoms with Crippen molar-refractivity contribution in [2.24, 2.45) is 5.92 Å². The molecule has 0 N–H and O–H groups in total. The van der Waals surface area contributed by atoms with Crippen molar-refractivity contribution < 1.29 is 4.79 Å². The summed E-state index contributed by atoms with van der Waals surface area (Å²) >= 11 is 0. The lowest BCUT2D eigenvalue weighted by atomic mass is 9.98. The van der Waals surface area contributed by atoms with E-state index in [9.17, 15) is 4.79 Å². The van der Waals surface area contributed by atoms with Crippen LogP contribution in [0.25, 0.3) is 0 Å². The van der Waals surface area contributed by atoms with Gasteiger partial charge in [-0.15, -0.1) is 0 Å². The molecule has 128 valence electrons. The number of rotatable bonds is 13. The van der Waals surface area contributed by atoms with Gasteiger partial charge in [0.05, 0.1) is 0 Å². The highest BCUT2D eigenvalue weighted by Gasteiger charge is 2.07. The second-order valence-electron chi connectivity index (χ2n) is 6.92. The van der Waals surface area contributed by atoms with Gasteiger partial charge in [0.25, 0.3) is 0 Å². The van der Waals surface area contributed by atoms with Gasteiger partial charge in [0.15, 0.2) is 0 Å². The minimum Gasteiger partial charge on any atom is -0.304 e. The highest BCUT2D eigenvalue weighted by atomic mass is 16.1. The summed E-state index contributed by atoms with van der Waals surface area (Å²) in [7, 11) is 2.21. The molecule has 0 fully saturated rings. The SMILES string of the molecule is C/C(=C/C=C\CCCCCC=O)CC(C)CCN(C)C(C)C. The molecule has 0 aromatic carbocycles. The van der Waals surface area contributed by atoms with Crippen LogP contribution in [0.3, 0.4) is 0 Å². The zero-order valence-corrected chi connectivity index (χ0v) is 15.5. The van der Waals surface area contributed by atoms with Crippen molar-refractivity contribution in [3.05, 3.63) is 23.8 Å². The monoisotopic (exact) mass is 307 g/mol. The highest BCUT2D eigenvalue weighted by Crippen LogP contribution is 2.15. The van der Waals surface area contributed by atoms with Gasteiger partial charge < -0.3 is 9.69 Å². The Hall–Kier alpha value is -0.890. The largest absolute Gasteiger partial charge is 0.304 e. The first kappa shape index (κ1) is 21.1. The average Bonchev–Trinajstić information content (AvgIpc) is 2.47. The van der Waals surface area contributed by atoms with Gasteiger partial charge in [-0.3, -0.25) is 0 Å². The van der Waals surface area contributed by atoms with Crippen molar-refractivity contribution in [3.8, 4) is 0 Å². The van der Waals surface area contributed by atoms with Crippen molar-refractivity contribution in [2.75, 3.05) is 13.6 Å². The zero-order chi connectivity index (χ0) is 16.8. The van der Waals surface area contributed by atoms with Crippen LogP contribution < -0.4 is 0 Å². The van der Waals surface area contributed by atoms with Crippen LogP contribution in [0.15, 0.2) is 23.8 Å². The maximum Gasteiger partial charge on any atom is 0.119 e. The molecule has 0 aromatic rings. The van der Waals surface area contributed by atoms with Crippen molar-refractivity contribution >= 4 is 6.29 Å². The van der Waals surface area contributed by atoms with Crippen LogP contribution in [-0.4, -0.2) is 30.8 Å². The van der Waals surface area contributed by atoms with E-state index in [1.807, 2.05) is 0 Å². The van der Waals surface area contributed by atoms with E-state index in [0.29, 0.717) is 12.5 Å². The molecule has 22 heavy (non-hydrogen) atoms. The number of hydrogen-bond donors (Lipinski definition) is 0. The molecular formula is C20H37NO. The van der Waals surface area contributed by atoms with Crippen LogP contribution >= 0.6 is 0 Å². The number of allylic oxidation sites excluding steroid dienone is 4. The molecule has 0 saturated heterocycles. The van der Waals surface area contributed by atoms with Crippen molar-refractivity contribution in [2.45, 2.75) is 78.7 Å². The highest BCUT2D eigenvalue weighted by molar-refractivity contribution is 5.48. The molecule has 0 heterocycles. The molecule has 0 amide bonds. The number of unbranched alkanes of at least 4 members (excludes halogenated alkanes) is 4. The maximum atomic E-state index is 10.2. The van der Waals surface area contributed by atoms with Crippen LogP contribution in [-0.2, 0) is 4.79 Å². The predicted octanol–water partition coefficient (Wildman–Crippen LogP) is 5.39. The molecule has 0 aliphatic heterocycles. The molecular weight excluding hydrogens is 270 g/mol.